The number of tetrazole rings is 1. The predicted molar refractivity (Wildman–Crippen MR) is 78.1 cm³/mol. The van der Waals surface area contributed by atoms with Crippen molar-refractivity contribution < 1.29 is 4.39 Å². The minimum Gasteiger partial charge on any atom is -0.206 e. The lowest BCUT2D eigenvalue weighted by molar-refractivity contribution is 0.622. The van der Waals surface area contributed by atoms with Crippen LogP contribution >= 0.6 is 0 Å². The third-order valence-corrected chi connectivity index (χ3v) is 3.52. The van der Waals surface area contributed by atoms with Crippen molar-refractivity contribution in [2.24, 2.45) is 0 Å². The maximum Gasteiger partial charge on any atom is 0.175 e. The van der Waals surface area contributed by atoms with E-state index in [1.54, 1.807) is 6.07 Å². The molecule has 0 aliphatic rings. The number of benzene rings is 2. The van der Waals surface area contributed by atoms with Crippen molar-refractivity contribution in [1.29, 1.82) is 0 Å². The number of hydrogen-bond acceptors (Lipinski definition) is 3. The van der Waals surface area contributed by atoms with Gasteiger partial charge in [-0.25, -0.2) is 4.39 Å². The summed E-state index contributed by atoms with van der Waals surface area (Å²) in [6, 6.07) is 14.9. The Morgan fingerprint density at radius 1 is 1.14 bits per heavy atom. The van der Waals surface area contributed by atoms with Crippen LogP contribution in [0.5, 0.6) is 0 Å². The first-order valence-electron chi connectivity index (χ1n) is 6.81. The molecule has 0 radical (unpaired) electrons. The number of aromatic nitrogens is 4. The van der Waals surface area contributed by atoms with Crippen LogP contribution in [0.25, 0.3) is 11.1 Å². The highest BCUT2D eigenvalue weighted by atomic mass is 19.1. The maximum absolute atomic E-state index is 14.3. The van der Waals surface area contributed by atoms with Crippen molar-refractivity contribution in [2.75, 3.05) is 0 Å². The molecule has 106 valence electrons. The van der Waals surface area contributed by atoms with Gasteiger partial charge in [0.2, 0.25) is 0 Å². The van der Waals surface area contributed by atoms with Crippen molar-refractivity contribution >= 4 is 0 Å². The van der Waals surface area contributed by atoms with E-state index in [2.05, 4.69) is 20.6 Å². The standard InChI is InChI=1S/C16H15FN4/c1-11(9-16-18-20-21-19-16)13-7-8-14(15(17)10-13)12-5-3-2-4-6-12/h2-8,10-11H,9H2,1H3,(H,18,19,20,21). The number of hydrogen-bond donors (Lipinski definition) is 1. The molecule has 3 rings (SSSR count). The molecule has 3 aromatic rings. The molecule has 1 atom stereocenters. The zero-order valence-electron chi connectivity index (χ0n) is 11.6. The number of aromatic amines is 1. The van der Waals surface area contributed by atoms with Gasteiger partial charge in [0, 0.05) is 12.0 Å². The highest BCUT2D eigenvalue weighted by Crippen LogP contribution is 2.27. The molecule has 0 aliphatic heterocycles. The van der Waals surface area contributed by atoms with E-state index in [1.165, 1.54) is 0 Å². The van der Waals surface area contributed by atoms with Gasteiger partial charge in [-0.1, -0.05) is 54.6 Å². The molecule has 0 bridgehead atoms. The summed E-state index contributed by atoms with van der Waals surface area (Å²) in [5.74, 6) is 0.552. The van der Waals surface area contributed by atoms with Gasteiger partial charge in [-0.2, -0.15) is 5.21 Å². The first-order chi connectivity index (χ1) is 10.2. The van der Waals surface area contributed by atoms with Gasteiger partial charge in [-0.15, -0.1) is 10.2 Å². The normalized spacial score (nSPS) is 12.3. The van der Waals surface area contributed by atoms with Crippen LogP contribution in [0.1, 0.15) is 24.2 Å². The van der Waals surface area contributed by atoms with E-state index in [9.17, 15) is 4.39 Å². The van der Waals surface area contributed by atoms with Crippen molar-refractivity contribution in [3.8, 4) is 11.1 Å². The van der Waals surface area contributed by atoms with Crippen LogP contribution < -0.4 is 0 Å². The Labute approximate surface area is 122 Å². The van der Waals surface area contributed by atoms with Crippen LogP contribution in [0, 0.1) is 5.82 Å². The van der Waals surface area contributed by atoms with E-state index >= 15 is 0 Å². The minimum atomic E-state index is -0.210. The summed E-state index contributed by atoms with van der Waals surface area (Å²) in [6.45, 7) is 2.02. The Morgan fingerprint density at radius 2 is 1.95 bits per heavy atom. The molecule has 1 N–H and O–H groups in total. The van der Waals surface area contributed by atoms with E-state index in [1.807, 2.05) is 49.4 Å². The lowest BCUT2D eigenvalue weighted by Crippen LogP contribution is -2.01. The van der Waals surface area contributed by atoms with E-state index in [-0.39, 0.29) is 11.7 Å². The van der Waals surface area contributed by atoms with Crippen molar-refractivity contribution in [3.63, 3.8) is 0 Å². The molecule has 5 heteroatoms. The van der Waals surface area contributed by atoms with Gasteiger partial charge in [0.1, 0.15) is 5.82 Å². The third-order valence-electron chi connectivity index (χ3n) is 3.52. The molecule has 2 aromatic carbocycles. The lowest BCUT2D eigenvalue weighted by Gasteiger charge is -2.11. The second-order valence-electron chi connectivity index (χ2n) is 5.04. The monoisotopic (exact) mass is 282 g/mol. The zero-order valence-corrected chi connectivity index (χ0v) is 11.6. The number of rotatable bonds is 4. The van der Waals surface area contributed by atoms with Gasteiger partial charge in [-0.3, -0.25) is 0 Å². The largest absolute Gasteiger partial charge is 0.206 e. The summed E-state index contributed by atoms with van der Waals surface area (Å²) in [5.41, 5.74) is 2.43. The summed E-state index contributed by atoms with van der Waals surface area (Å²) >= 11 is 0. The van der Waals surface area contributed by atoms with Gasteiger partial charge in [0.15, 0.2) is 5.82 Å². The Morgan fingerprint density at radius 3 is 2.62 bits per heavy atom. The van der Waals surface area contributed by atoms with E-state index in [4.69, 9.17) is 0 Å². The van der Waals surface area contributed by atoms with Gasteiger partial charge in [0.25, 0.3) is 0 Å². The summed E-state index contributed by atoms with van der Waals surface area (Å²) < 4.78 is 14.3. The molecule has 1 aromatic heterocycles. The summed E-state index contributed by atoms with van der Waals surface area (Å²) in [5, 5.41) is 13.8. The number of H-pyrrole nitrogens is 1. The molecule has 0 saturated heterocycles. The molecule has 0 aliphatic carbocycles. The first kappa shape index (κ1) is 13.4. The van der Waals surface area contributed by atoms with Crippen molar-refractivity contribution in [3.05, 3.63) is 65.7 Å². The summed E-state index contributed by atoms with van der Waals surface area (Å²) in [4.78, 5) is 0. The second-order valence-corrected chi connectivity index (χ2v) is 5.04. The van der Waals surface area contributed by atoms with Gasteiger partial charge in [0.05, 0.1) is 0 Å². The first-order valence-corrected chi connectivity index (χ1v) is 6.81. The molecule has 4 nitrogen and oxygen atoms in total. The zero-order chi connectivity index (χ0) is 14.7. The minimum absolute atomic E-state index is 0.127. The fraction of sp³-hybridized carbons (Fsp3) is 0.188. The molecule has 0 fully saturated rings. The average Bonchev–Trinajstić information content (AvgIpc) is 3.01. The Balaban J connectivity index is 1.84. The van der Waals surface area contributed by atoms with Gasteiger partial charge in [-0.05, 0) is 23.1 Å². The highest BCUT2D eigenvalue weighted by Gasteiger charge is 2.13. The predicted octanol–water partition coefficient (Wildman–Crippen LogP) is 3.35. The van der Waals surface area contributed by atoms with E-state index < -0.39 is 0 Å². The molecule has 1 heterocycles. The fourth-order valence-corrected chi connectivity index (χ4v) is 2.35. The second kappa shape index (κ2) is 5.83. The third kappa shape index (κ3) is 2.97. The molecular formula is C16H15FN4. The van der Waals surface area contributed by atoms with Crippen LogP contribution in [-0.2, 0) is 6.42 Å². The van der Waals surface area contributed by atoms with Crippen LogP contribution in [0.15, 0.2) is 48.5 Å². The number of nitrogens with zero attached hydrogens (tertiary/aromatic N) is 3. The van der Waals surface area contributed by atoms with Crippen LogP contribution in [0.2, 0.25) is 0 Å². The van der Waals surface area contributed by atoms with Gasteiger partial charge < -0.3 is 0 Å². The average molecular weight is 282 g/mol. The quantitative estimate of drug-likeness (QED) is 0.798. The highest BCUT2D eigenvalue weighted by molar-refractivity contribution is 5.64. The van der Waals surface area contributed by atoms with E-state index in [0.29, 0.717) is 17.8 Å². The van der Waals surface area contributed by atoms with Crippen molar-refractivity contribution in [1.82, 2.24) is 20.6 Å². The van der Waals surface area contributed by atoms with Gasteiger partial charge >= 0.3 is 0 Å². The topological polar surface area (TPSA) is 54.5 Å². The Hall–Kier alpha value is -2.56. The van der Waals surface area contributed by atoms with Crippen LogP contribution in [0.4, 0.5) is 4.39 Å². The lowest BCUT2D eigenvalue weighted by atomic mass is 9.94. The molecule has 1 unspecified atom stereocenters. The SMILES string of the molecule is CC(Cc1nn[nH]n1)c1ccc(-c2ccccc2)c(F)c1. The number of nitrogens with one attached hydrogen (secondary N) is 1. The molecule has 0 amide bonds. The van der Waals surface area contributed by atoms with Crippen molar-refractivity contribution in [2.45, 2.75) is 19.3 Å². The smallest absolute Gasteiger partial charge is 0.175 e. The van der Waals surface area contributed by atoms with Crippen LogP contribution in [0.3, 0.4) is 0 Å². The fourth-order valence-electron chi connectivity index (χ4n) is 2.35. The molecular weight excluding hydrogens is 267 g/mol. The Bertz CT molecular complexity index is 710. The van der Waals surface area contributed by atoms with Crippen LogP contribution in [-0.4, -0.2) is 20.6 Å². The van der Waals surface area contributed by atoms with E-state index in [0.717, 1.165) is 11.1 Å². The number of halogens is 1. The molecule has 21 heavy (non-hydrogen) atoms. The summed E-state index contributed by atoms with van der Waals surface area (Å²) in [7, 11) is 0. The molecule has 0 saturated carbocycles. The molecule has 0 spiro atoms. The summed E-state index contributed by atoms with van der Waals surface area (Å²) in [6.07, 6.45) is 0.626. The maximum atomic E-state index is 14.3. The Kier molecular flexibility index (Phi) is 3.73.